The van der Waals surface area contributed by atoms with Crippen LogP contribution in [0.5, 0.6) is 0 Å². The Kier molecular flexibility index (Phi) is 29.8. The lowest BCUT2D eigenvalue weighted by Crippen LogP contribution is -2.65. The summed E-state index contributed by atoms with van der Waals surface area (Å²) >= 11 is 11.1. The fraction of sp³-hybridized carbons (Fsp3) is 0.605. The Balaban J connectivity index is 0.000000216. The largest absolute Gasteiger partial charge is 0.274 e. The van der Waals surface area contributed by atoms with Gasteiger partial charge in [0.15, 0.2) is 8.07 Å². The van der Waals surface area contributed by atoms with E-state index in [1.807, 2.05) is 52.3 Å². The first kappa shape index (κ1) is 78.7. The van der Waals surface area contributed by atoms with Crippen LogP contribution in [0.2, 0.25) is 18.1 Å². The molecule has 544 valence electrons. The third-order valence-corrected chi connectivity index (χ3v) is 41.5. The van der Waals surface area contributed by atoms with E-state index in [1.54, 1.807) is 48.0 Å². The van der Waals surface area contributed by atoms with E-state index in [-0.39, 0.29) is 23.6 Å². The van der Waals surface area contributed by atoms with E-state index < -0.39 is 16.1 Å². The maximum atomic E-state index is 14.1. The van der Waals surface area contributed by atoms with Crippen LogP contribution in [0, 0.1) is 39.5 Å². The first-order valence-electron chi connectivity index (χ1n) is 40.2. The fourth-order valence-corrected chi connectivity index (χ4v) is 39.1. The molecule has 0 spiro atoms. The number of carbonyl (C=O) groups is 4. The SMILES string of the molecule is CCCCCCCCCCCCN1C(=O)c2c(C)sc(-c3cc4c(s3)-c3sc(C)cc3[Si]4(CC(CC)CCCC)c3ccccc3)c2C1=O.CCCCCCCCCCCCN1C(=O)c2c(C)sc(-c3cc4c(s3)-c3sc(C)cc3[Si]4(CCCCCCCC)CC(CC)CCCC)c2C1=O. The molecule has 0 saturated heterocycles. The van der Waals surface area contributed by atoms with Gasteiger partial charge in [-0.15, -0.1) is 68.0 Å². The molecule has 11 rings (SSSR count). The average molecular weight is 1500 g/mol. The number of nitrogens with zero attached hydrogens (tertiary/aromatic N) is 2. The van der Waals surface area contributed by atoms with E-state index in [4.69, 9.17) is 0 Å². The van der Waals surface area contributed by atoms with Crippen LogP contribution in [0.25, 0.3) is 39.0 Å². The molecule has 0 bridgehead atoms. The molecule has 4 atom stereocenters. The maximum Gasteiger partial charge on any atom is 0.263 e. The number of hydrogen-bond acceptors (Lipinski definition) is 10. The zero-order valence-electron chi connectivity index (χ0n) is 63.4. The molecule has 6 nitrogen and oxygen atoms in total. The Morgan fingerprint density at radius 2 is 0.700 bits per heavy atom. The molecule has 0 fully saturated rings. The summed E-state index contributed by atoms with van der Waals surface area (Å²) in [6.45, 7) is 26.0. The molecule has 10 heterocycles. The number of carbonyl (C=O) groups excluding carboxylic acids is 4. The van der Waals surface area contributed by atoms with Gasteiger partial charge in [-0.05, 0) is 121 Å². The van der Waals surface area contributed by atoms with Crippen molar-refractivity contribution in [3.05, 3.63) is 96.4 Å². The predicted octanol–water partition coefficient (Wildman–Crippen LogP) is 25.1. The van der Waals surface area contributed by atoms with Crippen molar-refractivity contribution in [3.63, 3.8) is 0 Å². The van der Waals surface area contributed by atoms with Crippen LogP contribution in [-0.2, 0) is 0 Å². The van der Waals surface area contributed by atoms with Gasteiger partial charge >= 0.3 is 0 Å². The number of hydrogen-bond donors (Lipinski definition) is 0. The number of amides is 4. The molecule has 100 heavy (non-hydrogen) atoms. The van der Waals surface area contributed by atoms with E-state index in [0.29, 0.717) is 41.3 Å². The Labute approximate surface area is 630 Å². The standard InChI is InChI=1S/C44H67NO2S3Si.C42H55NO2S3Si/c1-7-11-14-16-18-19-20-21-22-24-27-45-43(46)38-33(6)49-40(39(38)44(45)47)35-30-37-42(50-35)41-36(29-32(5)48-41)51(37,28-25-23-17-15-12-8-2)31-34(10-4)26-13-9-3;1-6-9-11-12-13-14-15-16-17-21-25-43-41(44)36-30(5)47-38(37(36)42(43)45)33-27-35-40(48-33)39-34(26-29(4)46-39)49(35,32-23-19-18-20-24-32)28-31(8-3)22-10-7-2/h29-30,34H,7-28,31H2,1-6H3;18-20,23-24,26-27,31H,6-17,21-22,25,28H2,1-5H3. The summed E-state index contributed by atoms with van der Waals surface area (Å²) in [5.74, 6) is 1.19. The van der Waals surface area contributed by atoms with Gasteiger partial charge in [-0.2, -0.15) is 0 Å². The lowest BCUT2D eigenvalue weighted by Gasteiger charge is -2.33. The number of benzene rings is 1. The van der Waals surface area contributed by atoms with Crippen LogP contribution >= 0.6 is 68.0 Å². The van der Waals surface area contributed by atoms with Crippen LogP contribution in [0.15, 0.2) is 54.6 Å². The average Bonchev–Trinajstić information content (AvgIpc) is 1.53. The quantitative estimate of drug-likeness (QED) is 0.0217. The Morgan fingerprint density at radius 3 is 1.15 bits per heavy atom. The molecule has 0 aliphatic carbocycles. The fourth-order valence-electron chi connectivity index (χ4n) is 17.3. The second-order valence-electron chi connectivity index (χ2n) is 30.4. The molecule has 1 aromatic carbocycles. The number of rotatable bonds is 44. The molecule has 0 saturated carbocycles. The monoisotopic (exact) mass is 1490 g/mol. The summed E-state index contributed by atoms with van der Waals surface area (Å²) in [5.41, 5.74) is 2.73. The molecule has 4 aliphatic rings. The molecule has 4 amide bonds. The third-order valence-electron chi connectivity index (χ3n) is 23.0. The molecule has 0 N–H and O–H groups in total. The van der Waals surface area contributed by atoms with Crippen molar-refractivity contribution in [2.45, 2.75) is 313 Å². The van der Waals surface area contributed by atoms with Crippen LogP contribution in [0.1, 0.15) is 328 Å². The van der Waals surface area contributed by atoms with Crippen molar-refractivity contribution in [2.24, 2.45) is 11.8 Å². The van der Waals surface area contributed by atoms with E-state index in [1.165, 1.54) is 260 Å². The van der Waals surface area contributed by atoms with Crippen molar-refractivity contribution in [1.82, 2.24) is 9.80 Å². The van der Waals surface area contributed by atoms with Gasteiger partial charge in [0.1, 0.15) is 8.07 Å². The maximum absolute atomic E-state index is 14.1. The Bertz CT molecular complexity index is 3820. The smallest absolute Gasteiger partial charge is 0.263 e. The first-order chi connectivity index (χ1) is 48.7. The van der Waals surface area contributed by atoms with Crippen LogP contribution in [0.4, 0.5) is 0 Å². The third kappa shape index (κ3) is 17.3. The van der Waals surface area contributed by atoms with Gasteiger partial charge in [0.2, 0.25) is 0 Å². The molecule has 6 aromatic heterocycles. The topological polar surface area (TPSA) is 74.8 Å². The van der Waals surface area contributed by atoms with Crippen LogP contribution < -0.4 is 25.9 Å². The molecular formula is C86H122N2O4S6Si2. The van der Waals surface area contributed by atoms with Crippen molar-refractivity contribution in [3.8, 4) is 39.0 Å². The van der Waals surface area contributed by atoms with Crippen molar-refractivity contribution in [2.75, 3.05) is 13.1 Å². The lowest BCUT2D eigenvalue weighted by atomic mass is 10.0. The van der Waals surface area contributed by atoms with Gasteiger partial charge in [0.05, 0.1) is 32.0 Å². The Morgan fingerprint density at radius 1 is 0.350 bits per heavy atom. The van der Waals surface area contributed by atoms with Gasteiger partial charge in [-0.3, -0.25) is 29.0 Å². The highest BCUT2D eigenvalue weighted by Gasteiger charge is 2.53. The molecule has 4 unspecified atom stereocenters. The van der Waals surface area contributed by atoms with Gasteiger partial charge in [-0.25, -0.2) is 0 Å². The molecule has 4 aliphatic heterocycles. The highest BCUT2D eigenvalue weighted by molar-refractivity contribution is 7.34. The summed E-state index contributed by atoms with van der Waals surface area (Å²) in [6.07, 6.45) is 43.1. The van der Waals surface area contributed by atoms with E-state index in [2.05, 4.69) is 124 Å². The van der Waals surface area contributed by atoms with Crippen molar-refractivity contribution < 1.29 is 19.2 Å². The van der Waals surface area contributed by atoms with Crippen molar-refractivity contribution in [1.29, 1.82) is 0 Å². The van der Waals surface area contributed by atoms with E-state index in [0.717, 1.165) is 51.1 Å². The molecule has 0 radical (unpaired) electrons. The van der Waals surface area contributed by atoms with E-state index in [9.17, 15) is 19.2 Å². The summed E-state index contributed by atoms with van der Waals surface area (Å²) < 4.78 is 0. The number of imide groups is 2. The summed E-state index contributed by atoms with van der Waals surface area (Å²) in [7, 11) is -4.32. The molecular weight excluding hydrogens is 1370 g/mol. The number of unbranched alkanes of at least 4 members (excludes halogenated alkanes) is 25. The highest BCUT2D eigenvalue weighted by atomic mass is 32.1. The first-order valence-corrected chi connectivity index (χ1v) is 49.7. The highest BCUT2D eigenvalue weighted by Crippen LogP contribution is 2.52. The summed E-state index contributed by atoms with van der Waals surface area (Å²) in [5, 5.41) is 8.03. The minimum atomic E-state index is -2.32. The zero-order chi connectivity index (χ0) is 70.9. The van der Waals surface area contributed by atoms with Gasteiger partial charge in [0, 0.05) is 61.9 Å². The minimum absolute atomic E-state index is 0.0484. The normalized spacial score (nSPS) is 17.1. The molecule has 7 aromatic rings. The van der Waals surface area contributed by atoms with Gasteiger partial charge < -0.3 is 0 Å². The van der Waals surface area contributed by atoms with Crippen molar-refractivity contribution >= 4 is 134 Å². The predicted molar refractivity (Wildman–Crippen MR) is 446 cm³/mol. The second kappa shape index (κ2) is 37.9. The van der Waals surface area contributed by atoms with E-state index >= 15 is 0 Å². The van der Waals surface area contributed by atoms with Crippen LogP contribution in [0.3, 0.4) is 0 Å². The number of fused-ring (bicyclic) bond motifs is 8. The second-order valence-corrected chi connectivity index (χ2v) is 45.5. The summed E-state index contributed by atoms with van der Waals surface area (Å²) in [6, 6.07) is 25.4. The minimum Gasteiger partial charge on any atom is -0.274 e. The van der Waals surface area contributed by atoms with Gasteiger partial charge in [0.25, 0.3) is 23.6 Å². The molecule has 14 heteroatoms. The Hall–Kier alpha value is -3.87. The zero-order valence-corrected chi connectivity index (χ0v) is 70.3. The van der Waals surface area contributed by atoms with Gasteiger partial charge in [-0.1, -0.05) is 284 Å². The van der Waals surface area contributed by atoms with Crippen LogP contribution in [-0.4, -0.2) is 62.7 Å². The number of aryl methyl sites for hydroxylation is 4. The lowest BCUT2D eigenvalue weighted by molar-refractivity contribution is 0.0636. The summed E-state index contributed by atoms with van der Waals surface area (Å²) in [4.78, 5) is 73.9. The number of thiophene rings is 6.